The average Bonchev–Trinajstić information content (AvgIpc) is 3.03. The summed E-state index contributed by atoms with van der Waals surface area (Å²) in [6.07, 6.45) is 0.877. The maximum absolute atomic E-state index is 13.7. The smallest absolute Gasteiger partial charge is 0.262 e. The first-order valence-corrected chi connectivity index (χ1v) is 11.7. The molecule has 1 heterocycles. The van der Waals surface area contributed by atoms with Crippen molar-refractivity contribution in [2.45, 2.75) is 36.7 Å². The Kier molecular flexibility index (Phi) is 7.84. The molecule has 0 saturated carbocycles. The van der Waals surface area contributed by atoms with Gasteiger partial charge >= 0.3 is 0 Å². The average molecular weight is 462 g/mol. The molecule has 2 aromatic rings. The second-order valence-electron chi connectivity index (χ2n) is 7.57. The Morgan fingerprint density at radius 1 is 1.19 bits per heavy atom. The molecule has 1 saturated heterocycles. The minimum atomic E-state index is -4.15. The Morgan fingerprint density at radius 3 is 2.50 bits per heavy atom. The number of sulfonamides is 1. The Bertz CT molecular complexity index is 1030. The lowest BCUT2D eigenvalue weighted by atomic mass is 9.91. The molecule has 9 nitrogen and oxygen atoms in total. The van der Waals surface area contributed by atoms with Crippen LogP contribution in [-0.2, 0) is 26.2 Å². The molecular weight excluding hydrogens is 434 g/mol. The summed E-state index contributed by atoms with van der Waals surface area (Å²) < 4.78 is 33.7. The van der Waals surface area contributed by atoms with Gasteiger partial charge in [-0.25, -0.2) is 13.9 Å². The van der Waals surface area contributed by atoms with Crippen LogP contribution < -0.4 is 15.5 Å². The summed E-state index contributed by atoms with van der Waals surface area (Å²) in [5.41, 5.74) is 2.32. The van der Waals surface area contributed by atoms with E-state index in [2.05, 4.69) is 5.32 Å². The normalized spacial score (nSPS) is 17.8. The van der Waals surface area contributed by atoms with Crippen LogP contribution in [0.2, 0.25) is 0 Å². The first kappa shape index (κ1) is 23.7. The number of carbonyl (C=O) groups excluding carboxylic acids is 2. The van der Waals surface area contributed by atoms with E-state index in [1.807, 2.05) is 6.07 Å². The van der Waals surface area contributed by atoms with Gasteiger partial charge in [0.1, 0.15) is 11.8 Å². The topological polar surface area (TPSA) is 125 Å². The summed E-state index contributed by atoms with van der Waals surface area (Å²) in [6, 6.07) is 13.6. The second-order valence-corrected chi connectivity index (χ2v) is 9.46. The number of benzene rings is 2. The minimum absolute atomic E-state index is 0.00667. The van der Waals surface area contributed by atoms with Gasteiger partial charge in [0.25, 0.3) is 5.91 Å². The van der Waals surface area contributed by atoms with Gasteiger partial charge in [-0.15, -0.1) is 0 Å². The zero-order valence-electron chi connectivity index (χ0n) is 17.7. The summed E-state index contributed by atoms with van der Waals surface area (Å²) in [5, 5.41) is 12.2. The quantitative estimate of drug-likeness (QED) is 0.406. The number of hydrogen-bond acceptors (Lipinski definition) is 6. The van der Waals surface area contributed by atoms with Crippen molar-refractivity contribution in [1.29, 1.82) is 0 Å². The van der Waals surface area contributed by atoms with Gasteiger partial charge in [-0.1, -0.05) is 30.3 Å². The van der Waals surface area contributed by atoms with E-state index < -0.39 is 27.9 Å². The fraction of sp³-hybridized carbons (Fsp3) is 0.364. The Hall–Kier alpha value is -2.95. The molecule has 2 aromatic carbocycles. The third-order valence-electron chi connectivity index (χ3n) is 5.56. The van der Waals surface area contributed by atoms with Crippen molar-refractivity contribution in [2.24, 2.45) is 5.92 Å². The summed E-state index contributed by atoms with van der Waals surface area (Å²) >= 11 is 0. The van der Waals surface area contributed by atoms with Crippen molar-refractivity contribution in [2.75, 3.05) is 13.7 Å². The molecule has 2 unspecified atom stereocenters. The van der Waals surface area contributed by atoms with Crippen LogP contribution in [0.5, 0.6) is 5.75 Å². The third-order valence-corrected chi connectivity index (χ3v) is 7.40. The number of nitrogens with zero attached hydrogens (tertiary/aromatic N) is 1. The Morgan fingerprint density at radius 2 is 1.88 bits per heavy atom. The van der Waals surface area contributed by atoms with Crippen LogP contribution in [0.1, 0.15) is 24.8 Å². The van der Waals surface area contributed by atoms with Crippen molar-refractivity contribution < 1.29 is 28.0 Å². The van der Waals surface area contributed by atoms with Crippen molar-refractivity contribution in [3.63, 3.8) is 0 Å². The highest BCUT2D eigenvalue weighted by molar-refractivity contribution is 7.89. The Labute approximate surface area is 187 Å². The summed E-state index contributed by atoms with van der Waals surface area (Å²) in [5.74, 6) is -0.963. The molecule has 10 heteroatoms. The monoisotopic (exact) mass is 461 g/mol. The van der Waals surface area contributed by atoms with E-state index >= 15 is 0 Å². The van der Waals surface area contributed by atoms with Crippen molar-refractivity contribution in [3.8, 4) is 5.75 Å². The van der Waals surface area contributed by atoms with Crippen molar-refractivity contribution in [1.82, 2.24) is 15.1 Å². The van der Waals surface area contributed by atoms with Crippen LogP contribution in [0.15, 0.2) is 59.5 Å². The van der Waals surface area contributed by atoms with Gasteiger partial charge in [0.05, 0.1) is 12.0 Å². The second kappa shape index (κ2) is 10.6. The highest BCUT2D eigenvalue weighted by atomic mass is 32.2. The largest absolute Gasteiger partial charge is 0.497 e. The molecule has 2 amide bonds. The molecule has 32 heavy (non-hydrogen) atoms. The fourth-order valence-corrected chi connectivity index (χ4v) is 5.52. The van der Waals surface area contributed by atoms with Crippen LogP contribution >= 0.6 is 0 Å². The standard InChI is InChI=1S/C22H27N3O6S/c1-31-18-8-10-19(11-9-18)32(29,30)25(15-16-5-3-2-4-6-16)21(22(27)24-28)17-7-12-20(26)23-14-13-17/h2-6,8-11,17,21,28H,7,12-15H2,1H3,(H,23,26)(H,24,27). The highest BCUT2D eigenvalue weighted by Gasteiger charge is 2.41. The van der Waals surface area contributed by atoms with Crippen molar-refractivity contribution in [3.05, 3.63) is 60.2 Å². The first-order chi connectivity index (χ1) is 15.4. The third kappa shape index (κ3) is 5.45. The number of nitrogens with one attached hydrogen (secondary N) is 2. The molecule has 0 spiro atoms. The van der Waals surface area contributed by atoms with Gasteiger partial charge in [0.2, 0.25) is 15.9 Å². The fourth-order valence-electron chi connectivity index (χ4n) is 3.89. The number of hydroxylamine groups is 1. The zero-order chi connectivity index (χ0) is 23.1. The number of hydrogen-bond donors (Lipinski definition) is 3. The summed E-state index contributed by atoms with van der Waals surface area (Å²) in [7, 11) is -2.67. The molecule has 1 fully saturated rings. The van der Waals surface area contributed by atoms with E-state index in [0.717, 1.165) is 4.31 Å². The molecule has 3 rings (SSSR count). The zero-order valence-corrected chi connectivity index (χ0v) is 18.5. The summed E-state index contributed by atoms with van der Waals surface area (Å²) in [4.78, 5) is 24.6. The molecule has 1 aliphatic rings. The molecule has 172 valence electrons. The maximum Gasteiger partial charge on any atom is 0.262 e. The van der Waals surface area contributed by atoms with E-state index in [4.69, 9.17) is 4.74 Å². The first-order valence-electron chi connectivity index (χ1n) is 10.3. The van der Waals surface area contributed by atoms with Crippen LogP contribution in [0.3, 0.4) is 0 Å². The van der Waals surface area contributed by atoms with Crippen molar-refractivity contribution >= 4 is 21.8 Å². The predicted molar refractivity (Wildman–Crippen MR) is 116 cm³/mol. The minimum Gasteiger partial charge on any atom is -0.497 e. The van der Waals surface area contributed by atoms with E-state index in [1.54, 1.807) is 29.7 Å². The molecule has 2 atom stereocenters. The lowest BCUT2D eigenvalue weighted by Gasteiger charge is -2.34. The molecule has 0 aliphatic carbocycles. The maximum atomic E-state index is 13.7. The predicted octanol–water partition coefficient (Wildman–Crippen LogP) is 1.68. The van der Waals surface area contributed by atoms with Gasteiger partial charge in [-0.05, 0) is 48.6 Å². The number of carbonyl (C=O) groups is 2. The highest BCUT2D eigenvalue weighted by Crippen LogP contribution is 2.30. The lowest BCUT2D eigenvalue weighted by Crippen LogP contribution is -2.52. The molecule has 0 bridgehead atoms. The van der Waals surface area contributed by atoms with E-state index in [1.165, 1.54) is 31.4 Å². The number of ether oxygens (including phenoxy) is 1. The lowest BCUT2D eigenvalue weighted by molar-refractivity contribution is -0.135. The van der Waals surface area contributed by atoms with Crippen LogP contribution in [-0.4, -0.2) is 49.4 Å². The molecule has 0 aromatic heterocycles. The van der Waals surface area contributed by atoms with E-state index in [-0.39, 0.29) is 23.8 Å². The SMILES string of the molecule is COc1ccc(S(=O)(=O)N(Cc2ccccc2)C(C(=O)NO)C2CCNC(=O)CC2)cc1. The van der Waals surface area contributed by atoms with Crippen LogP contribution in [0.4, 0.5) is 0 Å². The number of rotatable bonds is 8. The molecule has 3 N–H and O–H groups in total. The van der Waals surface area contributed by atoms with Gasteiger partial charge in [-0.2, -0.15) is 4.31 Å². The van der Waals surface area contributed by atoms with Crippen LogP contribution in [0, 0.1) is 5.92 Å². The number of amides is 2. The van der Waals surface area contributed by atoms with Gasteiger partial charge in [-0.3, -0.25) is 14.8 Å². The molecular formula is C22H27N3O6S. The van der Waals surface area contributed by atoms with Crippen LogP contribution in [0.25, 0.3) is 0 Å². The summed E-state index contributed by atoms with van der Waals surface area (Å²) in [6.45, 7) is 0.242. The van der Waals surface area contributed by atoms with Gasteiger partial charge < -0.3 is 10.1 Å². The molecule has 0 radical (unpaired) electrons. The number of methoxy groups -OCH3 is 1. The van der Waals surface area contributed by atoms with E-state index in [0.29, 0.717) is 30.7 Å². The van der Waals surface area contributed by atoms with Gasteiger partial charge in [0, 0.05) is 19.5 Å². The molecule has 1 aliphatic heterocycles. The van der Waals surface area contributed by atoms with Gasteiger partial charge in [0.15, 0.2) is 0 Å². The van der Waals surface area contributed by atoms with E-state index in [9.17, 15) is 23.2 Å². The Balaban J connectivity index is 2.07.